The molecule has 0 atom stereocenters. The Kier molecular flexibility index (Phi) is 4.54. The van der Waals surface area contributed by atoms with Gasteiger partial charge in [-0.1, -0.05) is 11.6 Å². The molecule has 2 aromatic heterocycles. The van der Waals surface area contributed by atoms with Crippen LogP contribution >= 0.6 is 11.6 Å². The van der Waals surface area contributed by atoms with Gasteiger partial charge < -0.3 is 10.1 Å². The monoisotopic (exact) mass is 328 g/mol. The van der Waals surface area contributed by atoms with E-state index in [9.17, 15) is 4.79 Å². The van der Waals surface area contributed by atoms with Crippen molar-refractivity contribution in [3.05, 3.63) is 66.3 Å². The first kappa shape index (κ1) is 15.1. The van der Waals surface area contributed by atoms with Gasteiger partial charge in [0.25, 0.3) is 5.91 Å². The normalized spacial score (nSPS) is 10.3. The van der Waals surface area contributed by atoms with Crippen molar-refractivity contribution in [3.8, 4) is 11.6 Å². The fourth-order valence-corrected chi connectivity index (χ4v) is 2.01. The first-order valence-corrected chi connectivity index (χ1v) is 7.21. The molecule has 0 unspecified atom stereocenters. The van der Waals surface area contributed by atoms with E-state index in [0.717, 1.165) is 5.82 Å². The van der Waals surface area contributed by atoms with E-state index in [4.69, 9.17) is 16.3 Å². The maximum atomic E-state index is 11.9. The molecule has 0 fully saturated rings. The molecular formula is C16H13ClN4O2. The predicted molar refractivity (Wildman–Crippen MR) is 86.9 cm³/mol. The number of imidazole rings is 1. The lowest BCUT2D eigenvalue weighted by Gasteiger charge is -2.08. The highest BCUT2D eigenvalue weighted by molar-refractivity contribution is 6.30. The second-order valence-electron chi connectivity index (χ2n) is 4.67. The summed E-state index contributed by atoms with van der Waals surface area (Å²) in [6.45, 7) is -0.0924. The Bertz CT molecular complexity index is 771. The lowest BCUT2D eigenvalue weighted by Crippen LogP contribution is -2.20. The van der Waals surface area contributed by atoms with E-state index in [1.54, 1.807) is 65.9 Å². The van der Waals surface area contributed by atoms with Crippen LogP contribution in [0.15, 0.2) is 61.3 Å². The van der Waals surface area contributed by atoms with Gasteiger partial charge in [0.05, 0.1) is 11.9 Å². The molecule has 116 valence electrons. The molecule has 7 heteroatoms. The minimum absolute atomic E-state index is 0.0924. The predicted octanol–water partition coefficient (Wildman–Crippen LogP) is 2.94. The summed E-state index contributed by atoms with van der Waals surface area (Å²) in [6.07, 6.45) is 6.70. The van der Waals surface area contributed by atoms with Gasteiger partial charge in [-0.05, 0) is 36.4 Å². The number of carbonyl (C=O) groups is 1. The summed E-state index contributed by atoms with van der Waals surface area (Å²) in [7, 11) is 0. The number of benzene rings is 1. The smallest absolute Gasteiger partial charge is 0.262 e. The number of ether oxygens (including phenoxy) is 1. The van der Waals surface area contributed by atoms with Crippen molar-refractivity contribution in [2.24, 2.45) is 0 Å². The Morgan fingerprint density at radius 3 is 2.70 bits per heavy atom. The summed E-state index contributed by atoms with van der Waals surface area (Å²) < 4.78 is 7.15. The molecule has 0 bridgehead atoms. The maximum absolute atomic E-state index is 11.9. The first-order valence-electron chi connectivity index (χ1n) is 6.83. The van der Waals surface area contributed by atoms with Crippen LogP contribution in [0.4, 0.5) is 5.69 Å². The number of anilines is 1. The molecule has 0 saturated heterocycles. The first-order chi connectivity index (χ1) is 11.2. The maximum Gasteiger partial charge on any atom is 0.262 e. The van der Waals surface area contributed by atoms with E-state index < -0.39 is 0 Å². The van der Waals surface area contributed by atoms with Gasteiger partial charge in [-0.15, -0.1) is 0 Å². The highest BCUT2D eigenvalue weighted by atomic mass is 35.5. The van der Waals surface area contributed by atoms with Crippen LogP contribution < -0.4 is 10.1 Å². The van der Waals surface area contributed by atoms with Gasteiger partial charge in [0, 0.05) is 17.4 Å². The number of aromatic nitrogens is 3. The Morgan fingerprint density at radius 1 is 1.22 bits per heavy atom. The van der Waals surface area contributed by atoms with E-state index in [0.29, 0.717) is 16.5 Å². The average molecular weight is 329 g/mol. The molecule has 3 aromatic rings. The Balaban J connectivity index is 1.54. The van der Waals surface area contributed by atoms with Crippen molar-refractivity contribution in [1.82, 2.24) is 14.5 Å². The van der Waals surface area contributed by atoms with Crippen molar-refractivity contribution in [1.29, 1.82) is 0 Å². The largest absolute Gasteiger partial charge is 0.484 e. The quantitative estimate of drug-likeness (QED) is 0.782. The van der Waals surface area contributed by atoms with Gasteiger partial charge in [-0.2, -0.15) is 0 Å². The zero-order valence-corrected chi connectivity index (χ0v) is 12.8. The molecule has 1 amide bonds. The lowest BCUT2D eigenvalue weighted by molar-refractivity contribution is -0.118. The Morgan fingerprint density at radius 2 is 2.04 bits per heavy atom. The van der Waals surface area contributed by atoms with Crippen LogP contribution in [0.5, 0.6) is 5.75 Å². The summed E-state index contributed by atoms with van der Waals surface area (Å²) in [4.78, 5) is 20.1. The third kappa shape index (κ3) is 4.08. The zero-order chi connectivity index (χ0) is 16.1. The van der Waals surface area contributed by atoms with Crippen LogP contribution in [-0.2, 0) is 4.79 Å². The molecule has 0 aliphatic heterocycles. The fourth-order valence-electron chi connectivity index (χ4n) is 1.88. The molecule has 1 N–H and O–H groups in total. The number of halogens is 1. The molecule has 0 aliphatic rings. The molecule has 0 spiro atoms. The minimum Gasteiger partial charge on any atom is -0.484 e. The number of hydrogen-bond acceptors (Lipinski definition) is 4. The molecule has 1 aromatic carbocycles. The molecule has 0 radical (unpaired) electrons. The molecular weight excluding hydrogens is 316 g/mol. The van der Waals surface area contributed by atoms with Gasteiger partial charge >= 0.3 is 0 Å². The number of rotatable bonds is 5. The molecule has 0 aliphatic carbocycles. The lowest BCUT2D eigenvalue weighted by atomic mass is 10.3. The summed E-state index contributed by atoms with van der Waals surface area (Å²) in [5.74, 6) is 1.04. The van der Waals surface area contributed by atoms with E-state index in [-0.39, 0.29) is 12.5 Å². The molecule has 6 nitrogen and oxygen atoms in total. The molecule has 3 rings (SSSR count). The molecule has 23 heavy (non-hydrogen) atoms. The Hall–Kier alpha value is -2.86. The number of nitrogens with one attached hydrogen (secondary N) is 1. The van der Waals surface area contributed by atoms with Crippen LogP contribution in [0.25, 0.3) is 5.82 Å². The van der Waals surface area contributed by atoms with Gasteiger partial charge in [0.2, 0.25) is 0 Å². The standard InChI is InChI=1S/C16H13ClN4O2/c17-12-1-4-14(5-2-12)23-10-16(22)20-13-3-6-15(19-9-13)21-8-7-18-11-21/h1-9,11H,10H2,(H,20,22). The number of amides is 1. The van der Waals surface area contributed by atoms with Crippen LogP contribution in [0.3, 0.4) is 0 Å². The van der Waals surface area contributed by atoms with Crippen LogP contribution in [-0.4, -0.2) is 27.0 Å². The van der Waals surface area contributed by atoms with E-state index in [1.165, 1.54) is 0 Å². The topological polar surface area (TPSA) is 69.0 Å². The van der Waals surface area contributed by atoms with Crippen molar-refractivity contribution in [2.45, 2.75) is 0 Å². The minimum atomic E-state index is -0.267. The van der Waals surface area contributed by atoms with E-state index in [1.807, 2.05) is 0 Å². The zero-order valence-electron chi connectivity index (χ0n) is 12.0. The van der Waals surface area contributed by atoms with Crippen LogP contribution in [0, 0.1) is 0 Å². The number of nitrogens with zero attached hydrogens (tertiary/aromatic N) is 3. The van der Waals surface area contributed by atoms with E-state index >= 15 is 0 Å². The highest BCUT2D eigenvalue weighted by Gasteiger charge is 2.05. The van der Waals surface area contributed by atoms with Gasteiger partial charge in [-0.3, -0.25) is 9.36 Å². The Labute approximate surface area is 137 Å². The van der Waals surface area contributed by atoms with Crippen LogP contribution in [0.2, 0.25) is 5.02 Å². The van der Waals surface area contributed by atoms with Gasteiger partial charge in [0.15, 0.2) is 6.61 Å². The highest BCUT2D eigenvalue weighted by Crippen LogP contribution is 2.15. The van der Waals surface area contributed by atoms with Gasteiger partial charge in [-0.25, -0.2) is 9.97 Å². The second kappa shape index (κ2) is 6.93. The third-order valence-corrected chi connectivity index (χ3v) is 3.24. The third-order valence-electron chi connectivity index (χ3n) is 2.98. The van der Waals surface area contributed by atoms with Crippen molar-refractivity contribution >= 4 is 23.2 Å². The summed E-state index contributed by atoms with van der Waals surface area (Å²) in [5.41, 5.74) is 0.596. The van der Waals surface area contributed by atoms with E-state index in [2.05, 4.69) is 15.3 Å². The van der Waals surface area contributed by atoms with Crippen molar-refractivity contribution < 1.29 is 9.53 Å². The summed E-state index contributed by atoms with van der Waals surface area (Å²) in [6, 6.07) is 10.4. The van der Waals surface area contributed by atoms with Crippen molar-refractivity contribution in [3.63, 3.8) is 0 Å². The number of pyridine rings is 1. The van der Waals surface area contributed by atoms with Crippen LogP contribution in [0.1, 0.15) is 0 Å². The summed E-state index contributed by atoms with van der Waals surface area (Å²) in [5, 5.41) is 3.34. The second-order valence-corrected chi connectivity index (χ2v) is 5.10. The number of carbonyl (C=O) groups excluding carboxylic acids is 1. The summed E-state index contributed by atoms with van der Waals surface area (Å²) >= 11 is 5.78. The van der Waals surface area contributed by atoms with Gasteiger partial charge in [0.1, 0.15) is 17.9 Å². The fraction of sp³-hybridized carbons (Fsp3) is 0.0625. The van der Waals surface area contributed by atoms with Crippen molar-refractivity contribution in [2.75, 3.05) is 11.9 Å². The number of hydrogen-bond donors (Lipinski definition) is 1. The molecule has 0 saturated carbocycles. The average Bonchev–Trinajstić information content (AvgIpc) is 3.09. The molecule has 2 heterocycles. The SMILES string of the molecule is O=C(COc1ccc(Cl)cc1)Nc1ccc(-n2ccnc2)nc1.